The van der Waals surface area contributed by atoms with E-state index in [0.29, 0.717) is 49.2 Å². The van der Waals surface area contributed by atoms with E-state index in [1.165, 1.54) is 12.4 Å². The molecule has 68 heavy (non-hydrogen) atoms. The van der Waals surface area contributed by atoms with Crippen LogP contribution < -0.4 is 11.5 Å². The molecule has 0 radical (unpaired) electrons. The predicted octanol–water partition coefficient (Wildman–Crippen LogP) is 8.70. The van der Waals surface area contributed by atoms with Crippen molar-refractivity contribution in [3.8, 4) is 22.5 Å². The minimum absolute atomic E-state index is 0.0925. The van der Waals surface area contributed by atoms with Crippen LogP contribution in [0.15, 0.2) is 36.9 Å². The van der Waals surface area contributed by atoms with Gasteiger partial charge in [-0.25, -0.2) is 37.5 Å². The molecule has 0 unspecified atom stereocenters. The number of aliphatic hydroxyl groups is 2. The Morgan fingerprint density at radius 3 is 1.16 bits per heavy atom. The lowest BCUT2D eigenvalue weighted by Crippen LogP contribution is -2.79. The third kappa shape index (κ3) is 7.64. The Morgan fingerprint density at radius 2 is 0.868 bits per heavy atom. The molecule has 8 saturated carbocycles. The lowest BCUT2D eigenvalue weighted by Gasteiger charge is -2.75. The smallest absolute Gasteiger partial charge is 0.385 e. The highest BCUT2D eigenvalue weighted by molar-refractivity contribution is 5.64. The molecule has 2 aliphatic heterocycles. The number of aliphatic hydroxyl groups excluding tert-OH is 2. The van der Waals surface area contributed by atoms with Gasteiger partial charge in [-0.15, -0.1) is 0 Å². The summed E-state index contributed by atoms with van der Waals surface area (Å²) in [4.78, 5) is 20.9. The number of halogens is 10. The normalized spacial score (nSPS) is 31.6. The zero-order chi connectivity index (χ0) is 48.2. The molecule has 10 fully saturated rings. The summed E-state index contributed by atoms with van der Waals surface area (Å²) in [7, 11) is 0. The Bertz CT molecular complexity index is 2400. The molecule has 10 aliphatic rings. The molecule has 0 aromatic carbocycles. The van der Waals surface area contributed by atoms with Crippen molar-refractivity contribution in [1.82, 2.24) is 38.9 Å². The SMILES string of the molecule is Nc1ncc(-c2cn(C34CC(N5CCC(F)(F)CC5)(C3)C4)c([C@@H](O)C3CC3)n2)cc1C(F)(F)F.Nc1ncc(-c2cn(C34CC(N5CCC(F)(F)CC5)(C3)C4)c([C@H](O)C3CC3)n2)cc1C(F)(F)F. The van der Waals surface area contributed by atoms with Crippen molar-refractivity contribution in [2.45, 2.75) is 148 Å². The summed E-state index contributed by atoms with van der Waals surface area (Å²) >= 11 is 0. The van der Waals surface area contributed by atoms with Crippen molar-refractivity contribution in [3.63, 3.8) is 0 Å². The topological polar surface area (TPSA) is 160 Å². The molecule has 4 aromatic rings. The monoisotopic (exact) mass is 966 g/mol. The van der Waals surface area contributed by atoms with Crippen LogP contribution in [-0.2, 0) is 23.4 Å². The van der Waals surface area contributed by atoms with E-state index < -0.39 is 59.2 Å². The van der Waals surface area contributed by atoms with Gasteiger partial charge >= 0.3 is 12.4 Å². The van der Waals surface area contributed by atoms with Gasteiger partial charge in [0, 0.05) is 98.9 Å². The second kappa shape index (κ2) is 15.0. The fourth-order valence-corrected chi connectivity index (χ4v) is 12.3. The first-order chi connectivity index (χ1) is 31.8. The molecule has 4 bridgehead atoms. The van der Waals surface area contributed by atoms with Gasteiger partial charge in [0.1, 0.15) is 35.5 Å². The molecule has 0 amide bonds. The van der Waals surface area contributed by atoms with Gasteiger partial charge in [-0.2, -0.15) is 26.3 Å². The molecule has 6 N–H and O–H groups in total. The van der Waals surface area contributed by atoms with Gasteiger partial charge in [-0.05, 0) is 88.2 Å². The molecular formula is C46H52F10N10O2. The van der Waals surface area contributed by atoms with Crippen LogP contribution in [0.4, 0.5) is 55.5 Å². The van der Waals surface area contributed by atoms with Crippen LogP contribution in [0.3, 0.4) is 0 Å². The number of piperidine rings is 2. The Kier molecular flexibility index (Phi) is 10.1. The van der Waals surface area contributed by atoms with Gasteiger partial charge in [0.2, 0.25) is 0 Å². The average Bonchev–Trinajstić information content (AvgIpc) is 4.15. The van der Waals surface area contributed by atoms with Gasteiger partial charge in [0.25, 0.3) is 11.8 Å². The largest absolute Gasteiger partial charge is 0.419 e. The number of rotatable bonds is 10. The molecule has 12 nitrogen and oxygen atoms in total. The number of alkyl halides is 10. The summed E-state index contributed by atoms with van der Waals surface area (Å²) in [5.74, 6) is -5.28. The number of anilines is 2. The summed E-state index contributed by atoms with van der Waals surface area (Å²) in [6.45, 7) is 1.47. The zero-order valence-electron chi connectivity index (χ0n) is 36.9. The summed E-state index contributed by atoms with van der Waals surface area (Å²) in [5.41, 5.74) is 9.06. The molecule has 22 heteroatoms. The summed E-state index contributed by atoms with van der Waals surface area (Å²) in [5, 5.41) is 21.8. The Morgan fingerprint density at radius 1 is 0.544 bits per heavy atom. The number of imidazole rings is 2. The second-order valence-electron chi connectivity index (χ2n) is 21.2. The molecular weight excluding hydrogens is 915 g/mol. The van der Waals surface area contributed by atoms with Gasteiger partial charge < -0.3 is 30.8 Å². The Hall–Kier alpha value is -4.54. The van der Waals surface area contributed by atoms with Crippen LogP contribution in [0.2, 0.25) is 0 Å². The average molecular weight is 967 g/mol. The molecule has 6 heterocycles. The van der Waals surface area contributed by atoms with E-state index in [9.17, 15) is 54.1 Å². The van der Waals surface area contributed by atoms with Crippen molar-refractivity contribution in [1.29, 1.82) is 0 Å². The first-order valence-corrected chi connectivity index (χ1v) is 23.3. The maximum atomic E-state index is 13.6. The van der Waals surface area contributed by atoms with E-state index in [1.54, 1.807) is 12.4 Å². The number of hydrogen-bond acceptors (Lipinski definition) is 10. The molecule has 2 atom stereocenters. The highest BCUT2D eigenvalue weighted by Gasteiger charge is 2.73. The van der Waals surface area contributed by atoms with Crippen LogP contribution >= 0.6 is 0 Å². The fourth-order valence-electron chi connectivity index (χ4n) is 12.3. The molecule has 0 spiro atoms. The van der Waals surface area contributed by atoms with Gasteiger partial charge in [-0.3, -0.25) is 9.80 Å². The fraction of sp³-hybridized carbons (Fsp3) is 0.652. The maximum Gasteiger partial charge on any atom is 0.419 e. The lowest BCUT2D eigenvalue weighted by atomic mass is 9.43. The van der Waals surface area contributed by atoms with Crippen LogP contribution in [0.1, 0.15) is 125 Å². The van der Waals surface area contributed by atoms with E-state index in [0.717, 1.165) is 76.3 Å². The van der Waals surface area contributed by atoms with Gasteiger partial charge in [-0.1, -0.05) is 0 Å². The van der Waals surface area contributed by atoms with Crippen LogP contribution in [0.5, 0.6) is 0 Å². The first-order valence-electron chi connectivity index (χ1n) is 23.3. The number of aromatic nitrogens is 6. The maximum absolute atomic E-state index is 13.6. The third-order valence-corrected chi connectivity index (χ3v) is 16.5. The first kappa shape index (κ1) is 45.9. The molecule has 4 aromatic heterocycles. The summed E-state index contributed by atoms with van der Waals surface area (Å²) in [6.07, 6.45) is 2.65. The van der Waals surface area contributed by atoms with Crippen molar-refractivity contribution < 1.29 is 54.1 Å². The van der Waals surface area contributed by atoms with Crippen molar-refractivity contribution in [2.24, 2.45) is 11.8 Å². The molecule has 2 saturated heterocycles. The van der Waals surface area contributed by atoms with E-state index in [1.807, 2.05) is 9.13 Å². The van der Waals surface area contributed by atoms with Crippen molar-refractivity contribution >= 4 is 11.6 Å². The van der Waals surface area contributed by atoms with Crippen molar-refractivity contribution in [2.75, 3.05) is 37.6 Å². The number of likely N-dealkylation sites (tertiary alicyclic amines) is 2. The standard InChI is InChI=1S/2C23H26F5N5O/c2*24-22(25)3-5-32(6-4-22)20-10-21(11-20,12-20)33-9-16(31-19(33)17(34)13-1-2-13)14-7-15(23(26,27)28)18(29)30-8-14/h2*7-9,13,17,34H,1-6,10-12H2,(H2,29,30)/t2*17-,20?,21?/m10/s1. The summed E-state index contributed by atoms with van der Waals surface area (Å²) < 4.78 is 138. The van der Waals surface area contributed by atoms with E-state index >= 15 is 0 Å². The number of pyridine rings is 2. The predicted molar refractivity (Wildman–Crippen MR) is 226 cm³/mol. The number of nitrogens with two attached hydrogens (primary N) is 2. The van der Waals surface area contributed by atoms with Gasteiger partial charge in [0.15, 0.2) is 0 Å². The lowest BCUT2D eigenvalue weighted by molar-refractivity contribution is -0.224. The number of nitrogens with zero attached hydrogens (tertiary/aromatic N) is 8. The van der Waals surface area contributed by atoms with E-state index in [4.69, 9.17) is 11.5 Å². The van der Waals surface area contributed by atoms with Crippen molar-refractivity contribution in [3.05, 3.63) is 59.7 Å². The third-order valence-electron chi connectivity index (χ3n) is 16.5. The second-order valence-corrected chi connectivity index (χ2v) is 21.2. The molecule has 14 rings (SSSR count). The zero-order valence-corrected chi connectivity index (χ0v) is 36.9. The molecule has 368 valence electrons. The number of hydrogen-bond donors (Lipinski definition) is 4. The molecule has 8 aliphatic carbocycles. The quantitative estimate of drug-likeness (QED) is 0.113. The van der Waals surface area contributed by atoms with Crippen LogP contribution in [0.25, 0.3) is 22.5 Å². The highest BCUT2D eigenvalue weighted by atomic mass is 19.4. The van der Waals surface area contributed by atoms with Gasteiger partial charge in [0.05, 0.1) is 33.6 Å². The van der Waals surface area contributed by atoms with E-state index in [2.05, 4.69) is 29.7 Å². The Balaban J connectivity index is 0.000000149. The highest BCUT2D eigenvalue weighted by Crippen LogP contribution is 2.70. The van der Waals surface area contributed by atoms with E-state index in [-0.39, 0.29) is 70.8 Å². The minimum Gasteiger partial charge on any atom is -0.385 e. The van der Waals surface area contributed by atoms with Crippen LogP contribution in [0, 0.1) is 11.8 Å². The Labute approximate surface area is 384 Å². The minimum atomic E-state index is -4.64. The van der Waals surface area contributed by atoms with Crippen LogP contribution in [-0.4, -0.2) is 98.2 Å². The summed E-state index contributed by atoms with van der Waals surface area (Å²) in [6, 6.07) is 1.89. The number of nitrogen functional groups attached to an aromatic ring is 2.